The zero-order valence-corrected chi connectivity index (χ0v) is 15.8. The first-order chi connectivity index (χ1) is 13.3. The molecule has 1 aromatic carbocycles. The smallest absolute Gasteiger partial charge is 0.225 e. The van der Waals surface area contributed by atoms with Crippen LogP contribution < -0.4 is 0 Å². The number of carbonyl (C=O) groups is 1. The number of thiophene rings is 1. The number of para-hydroxylation sites is 1. The molecule has 4 nitrogen and oxygen atoms in total. The lowest BCUT2D eigenvalue weighted by Crippen LogP contribution is -2.37. The highest BCUT2D eigenvalue weighted by Gasteiger charge is 2.26. The van der Waals surface area contributed by atoms with Crippen LogP contribution in [0, 0.1) is 0 Å². The highest BCUT2D eigenvalue weighted by atomic mass is 32.1. The summed E-state index contributed by atoms with van der Waals surface area (Å²) >= 11 is 1.68. The Morgan fingerprint density at radius 1 is 1.15 bits per heavy atom. The van der Waals surface area contributed by atoms with E-state index in [4.69, 9.17) is 0 Å². The second kappa shape index (κ2) is 6.74. The van der Waals surface area contributed by atoms with Crippen LogP contribution in [0.4, 0.5) is 0 Å². The van der Waals surface area contributed by atoms with Crippen molar-refractivity contribution in [3.05, 3.63) is 82.4 Å². The Bertz CT molecular complexity index is 1030. The lowest BCUT2D eigenvalue weighted by molar-refractivity contribution is -0.132. The Hall–Kier alpha value is -2.79. The highest BCUT2D eigenvalue weighted by molar-refractivity contribution is 7.08. The zero-order chi connectivity index (χ0) is 18.2. The van der Waals surface area contributed by atoms with Gasteiger partial charge in [-0.15, -0.1) is 0 Å². The molecule has 0 bridgehead atoms. The van der Waals surface area contributed by atoms with Crippen molar-refractivity contribution in [1.29, 1.82) is 0 Å². The first kappa shape index (κ1) is 16.4. The molecule has 5 heteroatoms. The van der Waals surface area contributed by atoms with E-state index >= 15 is 0 Å². The third-order valence-electron chi connectivity index (χ3n) is 5.52. The topological polar surface area (TPSA) is 41.0 Å². The molecule has 1 atom stereocenters. The molecule has 0 radical (unpaired) electrons. The number of amides is 1. The summed E-state index contributed by atoms with van der Waals surface area (Å²) in [7, 11) is 0. The molecule has 0 saturated heterocycles. The predicted octanol–water partition coefficient (Wildman–Crippen LogP) is 4.60. The van der Waals surface area contributed by atoms with Crippen LogP contribution in [0.2, 0.25) is 0 Å². The van der Waals surface area contributed by atoms with Gasteiger partial charge in [0.15, 0.2) is 0 Å². The predicted molar refractivity (Wildman–Crippen MR) is 109 cm³/mol. The van der Waals surface area contributed by atoms with Gasteiger partial charge >= 0.3 is 0 Å². The van der Waals surface area contributed by atoms with Gasteiger partial charge in [0.2, 0.25) is 5.91 Å². The van der Waals surface area contributed by atoms with Gasteiger partial charge < -0.3 is 14.5 Å². The minimum absolute atomic E-state index is 0.0582. The van der Waals surface area contributed by atoms with Crippen LogP contribution in [0.5, 0.6) is 0 Å². The molecule has 1 aliphatic rings. The van der Waals surface area contributed by atoms with Crippen molar-refractivity contribution >= 4 is 28.1 Å². The molecule has 3 aromatic heterocycles. The molecule has 0 fully saturated rings. The van der Waals surface area contributed by atoms with Crippen LogP contribution in [-0.2, 0) is 17.8 Å². The summed E-state index contributed by atoms with van der Waals surface area (Å²) in [6.07, 6.45) is 5.49. The molecule has 4 aromatic rings. The summed E-state index contributed by atoms with van der Waals surface area (Å²) in [4.78, 5) is 18.6. The van der Waals surface area contributed by atoms with Crippen molar-refractivity contribution in [1.82, 2.24) is 14.5 Å². The number of nitrogens with one attached hydrogen (secondary N) is 1. The van der Waals surface area contributed by atoms with Crippen LogP contribution in [-0.4, -0.2) is 26.9 Å². The molecule has 0 aliphatic carbocycles. The number of hydrogen-bond acceptors (Lipinski definition) is 2. The van der Waals surface area contributed by atoms with Gasteiger partial charge in [0.25, 0.3) is 0 Å². The van der Waals surface area contributed by atoms with Crippen LogP contribution in [0.1, 0.15) is 29.3 Å². The fourth-order valence-corrected chi connectivity index (χ4v) is 4.82. The van der Waals surface area contributed by atoms with E-state index in [0.29, 0.717) is 13.0 Å². The standard InChI is InChI=1S/C22H21N3OS/c26-22(13-21(16-8-12-27-15-16)24-9-3-4-10-24)25-11-7-18-17-5-1-2-6-19(17)23-20(18)14-25/h1-6,8-10,12,15,21,23H,7,11,13-14H2/t21-/m1/s1. The normalized spacial score (nSPS) is 15.0. The van der Waals surface area contributed by atoms with Gasteiger partial charge in [-0.25, -0.2) is 0 Å². The number of H-pyrrole nitrogens is 1. The third kappa shape index (κ3) is 2.98. The molecule has 4 heterocycles. The SMILES string of the molecule is O=C(C[C@H](c1ccsc1)n1cccc1)N1CCc2c([nH]c3ccccc23)C1. The van der Waals surface area contributed by atoms with Crippen molar-refractivity contribution in [3.8, 4) is 0 Å². The summed E-state index contributed by atoms with van der Waals surface area (Å²) in [6.45, 7) is 1.46. The van der Waals surface area contributed by atoms with E-state index in [1.54, 1.807) is 11.3 Å². The molecule has 27 heavy (non-hydrogen) atoms. The summed E-state index contributed by atoms with van der Waals surface area (Å²) in [5.41, 5.74) is 4.92. The Morgan fingerprint density at radius 3 is 2.81 bits per heavy atom. The van der Waals surface area contributed by atoms with E-state index in [1.807, 2.05) is 29.4 Å². The Kier molecular flexibility index (Phi) is 4.09. The minimum atomic E-state index is 0.0582. The maximum atomic E-state index is 13.1. The Morgan fingerprint density at radius 2 is 2.00 bits per heavy atom. The van der Waals surface area contributed by atoms with Crippen LogP contribution in [0.15, 0.2) is 65.6 Å². The van der Waals surface area contributed by atoms with Crippen molar-refractivity contribution in [2.45, 2.75) is 25.4 Å². The number of fused-ring (bicyclic) bond motifs is 3. The molecule has 136 valence electrons. The molecule has 1 N–H and O–H groups in total. The molecule has 1 aliphatic heterocycles. The average Bonchev–Trinajstić information content (AvgIpc) is 3.46. The van der Waals surface area contributed by atoms with Gasteiger partial charge in [-0.1, -0.05) is 18.2 Å². The largest absolute Gasteiger partial charge is 0.357 e. The monoisotopic (exact) mass is 375 g/mol. The van der Waals surface area contributed by atoms with Gasteiger partial charge in [0.05, 0.1) is 19.0 Å². The van der Waals surface area contributed by atoms with Crippen molar-refractivity contribution in [2.75, 3.05) is 6.54 Å². The quantitative estimate of drug-likeness (QED) is 0.557. The molecule has 5 rings (SSSR count). The summed E-state index contributed by atoms with van der Waals surface area (Å²) in [5, 5.41) is 5.51. The van der Waals surface area contributed by atoms with E-state index in [2.05, 4.69) is 50.6 Å². The summed E-state index contributed by atoms with van der Waals surface area (Å²) in [6, 6.07) is 14.6. The third-order valence-corrected chi connectivity index (χ3v) is 6.22. The first-order valence-corrected chi connectivity index (χ1v) is 10.2. The van der Waals surface area contributed by atoms with Gasteiger partial charge in [0, 0.05) is 35.5 Å². The van der Waals surface area contributed by atoms with E-state index in [1.165, 1.54) is 27.7 Å². The summed E-state index contributed by atoms with van der Waals surface area (Å²) in [5.74, 6) is 0.212. The van der Waals surface area contributed by atoms with Crippen molar-refractivity contribution in [2.24, 2.45) is 0 Å². The van der Waals surface area contributed by atoms with E-state index < -0.39 is 0 Å². The number of benzene rings is 1. The van der Waals surface area contributed by atoms with Crippen LogP contribution >= 0.6 is 11.3 Å². The molecule has 0 saturated carbocycles. The molecule has 0 unspecified atom stereocenters. The molecular formula is C22H21N3OS. The maximum absolute atomic E-state index is 13.1. The lowest BCUT2D eigenvalue weighted by Gasteiger charge is -2.29. The maximum Gasteiger partial charge on any atom is 0.225 e. The fourth-order valence-electron chi connectivity index (χ4n) is 4.12. The molecule has 1 amide bonds. The molecule has 0 spiro atoms. The highest BCUT2D eigenvalue weighted by Crippen LogP contribution is 2.30. The number of hydrogen-bond donors (Lipinski definition) is 1. The van der Waals surface area contributed by atoms with Gasteiger partial charge in [-0.2, -0.15) is 11.3 Å². The van der Waals surface area contributed by atoms with Crippen molar-refractivity contribution < 1.29 is 4.79 Å². The first-order valence-electron chi connectivity index (χ1n) is 9.30. The number of rotatable bonds is 4. The van der Waals surface area contributed by atoms with E-state index in [-0.39, 0.29) is 11.9 Å². The second-order valence-corrected chi connectivity index (χ2v) is 7.88. The Balaban J connectivity index is 1.38. The van der Waals surface area contributed by atoms with E-state index in [0.717, 1.165) is 13.0 Å². The van der Waals surface area contributed by atoms with Crippen molar-refractivity contribution in [3.63, 3.8) is 0 Å². The second-order valence-electron chi connectivity index (χ2n) is 7.10. The molecular weight excluding hydrogens is 354 g/mol. The summed E-state index contributed by atoms with van der Waals surface area (Å²) < 4.78 is 2.14. The number of carbonyl (C=O) groups excluding carboxylic acids is 1. The van der Waals surface area contributed by atoms with Gasteiger partial charge in [-0.05, 0) is 52.6 Å². The van der Waals surface area contributed by atoms with Gasteiger partial charge in [-0.3, -0.25) is 4.79 Å². The zero-order valence-electron chi connectivity index (χ0n) is 15.0. The van der Waals surface area contributed by atoms with Gasteiger partial charge in [0.1, 0.15) is 0 Å². The Labute approximate surface area is 162 Å². The fraction of sp³-hybridized carbons (Fsp3) is 0.227. The number of aromatic nitrogens is 2. The van der Waals surface area contributed by atoms with Crippen LogP contribution in [0.3, 0.4) is 0 Å². The number of nitrogens with zero attached hydrogens (tertiary/aromatic N) is 2. The lowest BCUT2D eigenvalue weighted by atomic mass is 10.0. The number of aromatic amines is 1. The minimum Gasteiger partial charge on any atom is -0.357 e. The van der Waals surface area contributed by atoms with E-state index in [9.17, 15) is 4.79 Å². The average molecular weight is 375 g/mol. The van der Waals surface area contributed by atoms with Crippen LogP contribution in [0.25, 0.3) is 10.9 Å².